The minimum Gasteiger partial charge on any atom is -0.495 e. The van der Waals surface area contributed by atoms with E-state index in [1.807, 2.05) is 0 Å². The second-order valence-corrected chi connectivity index (χ2v) is 4.77. The average Bonchev–Trinajstić information content (AvgIpc) is 2.53. The fraction of sp³-hybridized carbons (Fsp3) is 0.125. The first-order valence-corrected chi connectivity index (χ1v) is 6.83. The van der Waals surface area contributed by atoms with Crippen LogP contribution in [0.2, 0.25) is 5.02 Å². The summed E-state index contributed by atoms with van der Waals surface area (Å²) in [5.74, 6) is -0.578. The Bertz CT molecular complexity index is 673. The van der Waals surface area contributed by atoms with Crippen molar-refractivity contribution < 1.29 is 19.1 Å². The van der Waals surface area contributed by atoms with Gasteiger partial charge in [0.2, 0.25) is 0 Å². The first kappa shape index (κ1) is 15.9. The molecule has 0 radical (unpaired) electrons. The van der Waals surface area contributed by atoms with Crippen molar-refractivity contribution >= 4 is 29.2 Å². The van der Waals surface area contributed by atoms with E-state index in [0.717, 1.165) is 0 Å². The van der Waals surface area contributed by atoms with Gasteiger partial charge in [0.1, 0.15) is 5.75 Å². The lowest BCUT2D eigenvalue weighted by molar-refractivity contribution is -0.119. The second kappa shape index (κ2) is 7.47. The van der Waals surface area contributed by atoms with Gasteiger partial charge in [0.25, 0.3) is 5.91 Å². The summed E-state index contributed by atoms with van der Waals surface area (Å²) in [7, 11) is 1.48. The molecule has 0 spiro atoms. The number of ether oxygens (including phenoxy) is 2. The van der Waals surface area contributed by atoms with Gasteiger partial charge in [0.15, 0.2) is 6.61 Å². The van der Waals surface area contributed by atoms with Crippen molar-refractivity contribution in [3.05, 3.63) is 59.1 Å². The molecule has 0 aliphatic heterocycles. The van der Waals surface area contributed by atoms with E-state index in [2.05, 4.69) is 5.32 Å². The third-order valence-corrected chi connectivity index (χ3v) is 3.01. The van der Waals surface area contributed by atoms with Crippen molar-refractivity contribution in [2.45, 2.75) is 0 Å². The highest BCUT2D eigenvalue weighted by atomic mass is 35.5. The van der Waals surface area contributed by atoms with Gasteiger partial charge in [-0.15, -0.1) is 0 Å². The molecule has 0 saturated heterocycles. The zero-order valence-corrected chi connectivity index (χ0v) is 12.6. The van der Waals surface area contributed by atoms with Crippen LogP contribution in [-0.4, -0.2) is 25.6 Å². The van der Waals surface area contributed by atoms with Crippen LogP contribution in [-0.2, 0) is 9.53 Å². The van der Waals surface area contributed by atoms with E-state index in [9.17, 15) is 9.59 Å². The van der Waals surface area contributed by atoms with E-state index >= 15 is 0 Å². The van der Waals surface area contributed by atoms with E-state index in [1.54, 1.807) is 48.5 Å². The fourth-order valence-corrected chi connectivity index (χ4v) is 1.92. The molecule has 0 aliphatic carbocycles. The third kappa shape index (κ3) is 4.23. The predicted molar refractivity (Wildman–Crippen MR) is 83.4 cm³/mol. The number of esters is 1. The number of carbonyl (C=O) groups is 2. The van der Waals surface area contributed by atoms with Gasteiger partial charge < -0.3 is 14.8 Å². The maximum Gasteiger partial charge on any atom is 0.338 e. The Balaban J connectivity index is 1.94. The standard InChI is InChI=1S/C16H14ClNO4/c1-21-14-8-7-12(17)9-13(14)18-15(19)10-22-16(20)11-5-3-2-4-6-11/h2-9H,10H2,1H3,(H,18,19). The number of halogens is 1. The first-order chi connectivity index (χ1) is 10.6. The molecular weight excluding hydrogens is 306 g/mol. The van der Waals surface area contributed by atoms with Crippen molar-refractivity contribution in [2.75, 3.05) is 19.0 Å². The number of benzene rings is 2. The third-order valence-electron chi connectivity index (χ3n) is 2.78. The van der Waals surface area contributed by atoms with Gasteiger partial charge in [-0.05, 0) is 30.3 Å². The SMILES string of the molecule is COc1ccc(Cl)cc1NC(=O)COC(=O)c1ccccc1. The van der Waals surface area contributed by atoms with Gasteiger partial charge in [-0.1, -0.05) is 29.8 Å². The Labute approximate surface area is 132 Å². The molecule has 114 valence electrons. The van der Waals surface area contributed by atoms with Crippen LogP contribution in [0.15, 0.2) is 48.5 Å². The lowest BCUT2D eigenvalue weighted by Crippen LogP contribution is -2.21. The van der Waals surface area contributed by atoms with E-state index in [0.29, 0.717) is 22.0 Å². The van der Waals surface area contributed by atoms with Crippen molar-refractivity contribution in [3.63, 3.8) is 0 Å². The number of carbonyl (C=O) groups excluding carboxylic acids is 2. The van der Waals surface area contributed by atoms with Crippen LogP contribution in [0.25, 0.3) is 0 Å². The Hall–Kier alpha value is -2.53. The van der Waals surface area contributed by atoms with Crippen molar-refractivity contribution in [1.82, 2.24) is 0 Å². The number of anilines is 1. The summed E-state index contributed by atoms with van der Waals surface area (Å²) in [5, 5.41) is 3.04. The summed E-state index contributed by atoms with van der Waals surface area (Å²) >= 11 is 5.87. The molecule has 0 bridgehead atoms. The lowest BCUT2D eigenvalue weighted by atomic mass is 10.2. The molecule has 2 aromatic rings. The minimum absolute atomic E-state index is 0.385. The Morgan fingerprint density at radius 1 is 1.14 bits per heavy atom. The van der Waals surface area contributed by atoms with Crippen molar-refractivity contribution in [1.29, 1.82) is 0 Å². The Morgan fingerprint density at radius 2 is 1.86 bits per heavy atom. The van der Waals surface area contributed by atoms with Gasteiger partial charge in [-0.25, -0.2) is 4.79 Å². The van der Waals surface area contributed by atoms with E-state index in [-0.39, 0.29) is 0 Å². The van der Waals surface area contributed by atoms with Crippen molar-refractivity contribution in [2.24, 2.45) is 0 Å². The average molecular weight is 320 g/mol. The maximum absolute atomic E-state index is 11.8. The molecule has 0 fully saturated rings. The highest BCUT2D eigenvalue weighted by Crippen LogP contribution is 2.27. The highest BCUT2D eigenvalue weighted by molar-refractivity contribution is 6.31. The number of methoxy groups -OCH3 is 1. The molecule has 0 saturated carbocycles. The Morgan fingerprint density at radius 3 is 2.55 bits per heavy atom. The van der Waals surface area contributed by atoms with Crippen LogP contribution in [0.1, 0.15) is 10.4 Å². The van der Waals surface area contributed by atoms with E-state index in [1.165, 1.54) is 7.11 Å². The number of rotatable bonds is 5. The second-order valence-electron chi connectivity index (χ2n) is 4.33. The molecule has 2 aromatic carbocycles. The quantitative estimate of drug-likeness (QED) is 0.860. The molecule has 0 atom stereocenters. The normalized spacial score (nSPS) is 9.91. The monoisotopic (exact) mass is 319 g/mol. The molecular formula is C16H14ClNO4. The molecule has 0 unspecified atom stereocenters. The van der Waals surface area contributed by atoms with Gasteiger partial charge >= 0.3 is 5.97 Å². The number of hydrogen-bond donors (Lipinski definition) is 1. The topological polar surface area (TPSA) is 64.6 Å². The molecule has 2 rings (SSSR count). The molecule has 1 N–H and O–H groups in total. The number of nitrogens with one attached hydrogen (secondary N) is 1. The minimum atomic E-state index is -0.561. The lowest BCUT2D eigenvalue weighted by Gasteiger charge is -2.10. The summed E-state index contributed by atoms with van der Waals surface area (Å²) in [6.07, 6.45) is 0. The van der Waals surface area contributed by atoms with Crippen LogP contribution < -0.4 is 10.1 Å². The summed E-state index contributed by atoms with van der Waals surface area (Å²) in [6, 6.07) is 13.3. The van der Waals surface area contributed by atoms with Crippen LogP contribution >= 0.6 is 11.6 Å². The van der Waals surface area contributed by atoms with Crippen molar-refractivity contribution in [3.8, 4) is 5.75 Å². The molecule has 0 aromatic heterocycles. The smallest absolute Gasteiger partial charge is 0.338 e. The molecule has 0 heterocycles. The summed E-state index contributed by atoms with van der Waals surface area (Å²) in [4.78, 5) is 23.6. The molecule has 1 amide bonds. The predicted octanol–water partition coefficient (Wildman–Crippen LogP) is 3.14. The van der Waals surface area contributed by atoms with Crippen LogP contribution in [0.5, 0.6) is 5.75 Å². The van der Waals surface area contributed by atoms with E-state index in [4.69, 9.17) is 21.1 Å². The van der Waals surface area contributed by atoms with Crippen LogP contribution in [0, 0.1) is 0 Å². The van der Waals surface area contributed by atoms with Gasteiger partial charge in [0.05, 0.1) is 18.4 Å². The maximum atomic E-state index is 11.8. The summed E-state index contributed by atoms with van der Waals surface area (Å²) < 4.78 is 10.1. The Kier molecular flexibility index (Phi) is 5.38. The zero-order valence-electron chi connectivity index (χ0n) is 11.8. The number of hydrogen-bond acceptors (Lipinski definition) is 4. The summed E-state index contributed by atoms with van der Waals surface area (Å²) in [6.45, 7) is -0.399. The van der Waals surface area contributed by atoms with Gasteiger partial charge in [-0.3, -0.25) is 4.79 Å². The largest absolute Gasteiger partial charge is 0.495 e. The van der Waals surface area contributed by atoms with Gasteiger partial charge in [-0.2, -0.15) is 0 Å². The summed E-state index contributed by atoms with van der Waals surface area (Å²) in [5.41, 5.74) is 0.798. The molecule has 6 heteroatoms. The fourth-order valence-electron chi connectivity index (χ4n) is 1.75. The first-order valence-electron chi connectivity index (χ1n) is 6.45. The van der Waals surface area contributed by atoms with Crippen LogP contribution in [0.4, 0.5) is 5.69 Å². The highest BCUT2D eigenvalue weighted by Gasteiger charge is 2.12. The zero-order chi connectivity index (χ0) is 15.9. The van der Waals surface area contributed by atoms with Crippen LogP contribution in [0.3, 0.4) is 0 Å². The molecule has 22 heavy (non-hydrogen) atoms. The molecule has 0 aliphatic rings. The molecule has 5 nitrogen and oxygen atoms in total. The van der Waals surface area contributed by atoms with Gasteiger partial charge in [0, 0.05) is 5.02 Å². The number of amides is 1. The van der Waals surface area contributed by atoms with E-state index < -0.39 is 18.5 Å².